The highest BCUT2D eigenvalue weighted by atomic mass is 19.3. The van der Waals surface area contributed by atoms with Gasteiger partial charge in [0.05, 0.1) is 12.9 Å². The van der Waals surface area contributed by atoms with Gasteiger partial charge in [-0.25, -0.2) is 23.2 Å². The van der Waals surface area contributed by atoms with Crippen molar-refractivity contribution in [2.75, 3.05) is 19.7 Å². The number of piperidine rings is 1. The highest BCUT2D eigenvalue weighted by Crippen LogP contribution is 2.47. The van der Waals surface area contributed by atoms with Gasteiger partial charge in [0, 0.05) is 44.0 Å². The smallest absolute Gasteiger partial charge is 0.343 e. The lowest BCUT2D eigenvalue weighted by Crippen LogP contribution is -2.44. The minimum atomic E-state index is -2.86. The summed E-state index contributed by atoms with van der Waals surface area (Å²) >= 11 is 0. The van der Waals surface area contributed by atoms with Gasteiger partial charge in [0.25, 0.3) is 0 Å². The Bertz CT molecular complexity index is 918. The fraction of sp³-hybridized carbons (Fsp3) is 0.520. The molecule has 36 heavy (non-hydrogen) atoms. The van der Waals surface area contributed by atoms with Gasteiger partial charge in [-0.3, -0.25) is 5.41 Å². The first-order chi connectivity index (χ1) is 17.0. The van der Waals surface area contributed by atoms with Crippen molar-refractivity contribution < 1.29 is 43.2 Å². The summed E-state index contributed by atoms with van der Waals surface area (Å²) in [5.41, 5.74) is -1.74. The van der Waals surface area contributed by atoms with Gasteiger partial charge in [-0.1, -0.05) is 30.3 Å². The average Bonchev–Trinajstić information content (AvgIpc) is 3.23. The van der Waals surface area contributed by atoms with Gasteiger partial charge in [-0.15, -0.1) is 0 Å². The molecule has 0 bridgehead atoms. The summed E-state index contributed by atoms with van der Waals surface area (Å²) in [5.74, 6) is -6.69. The number of carbonyl (C=O) groups excluding carboxylic acids is 1. The number of hydrogen-bond acceptors (Lipinski definition) is 6. The quantitative estimate of drug-likeness (QED) is 0.171. The van der Waals surface area contributed by atoms with E-state index in [2.05, 4.69) is 0 Å². The molecule has 2 atom stereocenters. The minimum absolute atomic E-state index is 0.0789. The number of aliphatic hydroxyl groups is 1. The summed E-state index contributed by atoms with van der Waals surface area (Å²) in [7, 11) is 0. The van der Waals surface area contributed by atoms with Gasteiger partial charge >= 0.3 is 17.9 Å². The van der Waals surface area contributed by atoms with E-state index in [9.17, 15) is 28.3 Å². The van der Waals surface area contributed by atoms with Gasteiger partial charge in [0.1, 0.15) is 0 Å². The predicted octanol–water partition coefficient (Wildman–Crippen LogP) is 3.27. The number of esters is 1. The van der Waals surface area contributed by atoms with Crippen molar-refractivity contribution in [1.29, 1.82) is 5.41 Å². The summed E-state index contributed by atoms with van der Waals surface area (Å²) in [5, 5.41) is 34.1. The summed E-state index contributed by atoms with van der Waals surface area (Å²) < 4.78 is 33.0. The average molecular weight is 511 g/mol. The number of nitrogens with zero attached hydrogens (tertiary/aromatic N) is 1. The van der Waals surface area contributed by atoms with Gasteiger partial charge in [0.2, 0.25) is 5.92 Å². The van der Waals surface area contributed by atoms with E-state index in [1.807, 2.05) is 4.90 Å². The molecular weight excluding hydrogens is 478 g/mol. The number of carbonyl (C=O) groups is 3. The zero-order valence-electron chi connectivity index (χ0n) is 19.8. The van der Waals surface area contributed by atoms with Crippen LogP contribution in [0.15, 0.2) is 42.5 Å². The Morgan fingerprint density at radius 2 is 1.67 bits per heavy atom. The Morgan fingerprint density at radius 3 is 2.14 bits per heavy atom. The number of benzene rings is 1. The van der Waals surface area contributed by atoms with Crippen molar-refractivity contribution in [3.05, 3.63) is 48.0 Å². The van der Waals surface area contributed by atoms with Gasteiger partial charge in [0.15, 0.2) is 5.60 Å². The number of nitrogens with one attached hydrogen (secondary N) is 1. The van der Waals surface area contributed by atoms with Crippen LogP contribution < -0.4 is 0 Å². The molecule has 3 rings (SSSR count). The molecule has 1 aliphatic heterocycles. The van der Waals surface area contributed by atoms with Crippen LogP contribution in [-0.4, -0.2) is 70.1 Å². The summed E-state index contributed by atoms with van der Waals surface area (Å²) in [6.07, 6.45) is 4.20. The first kappa shape index (κ1) is 28.9. The third kappa shape index (κ3) is 8.40. The number of carboxylic acids is 2. The molecule has 0 aromatic heterocycles. The number of carboxylic acid groups (broad SMARTS) is 2. The molecule has 198 valence electrons. The van der Waals surface area contributed by atoms with Crippen LogP contribution in [0.1, 0.15) is 44.1 Å². The zero-order valence-corrected chi connectivity index (χ0v) is 19.8. The molecule has 1 saturated heterocycles. The molecular formula is C25H32F2N2O7. The SMILES string of the molecule is N=CN1CCC(CCOC(=O)[C@](O)(c2ccccc2)[C@@H]2CCC(F)(F)C2)CC1.O=C(O)/C=C/C(=O)O. The van der Waals surface area contributed by atoms with E-state index >= 15 is 0 Å². The zero-order chi connectivity index (χ0) is 26.8. The van der Waals surface area contributed by atoms with E-state index in [4.69, 9.17) is 20.4 Å². The topological polar surface area (TPSA) is 148 Å². The molecule has 4 N–H and O–H groups in total. The Labute approximate surface area is 207 Å². The minimum Gasteiger partial charge on any atom is -0.478 e. The lowest BCUT2D eigenvalue weighted by atomic mass is 9.80. The van der Waals surface area contributed by atoms with Crippen LogP contribution in [0.5, 0.6) is 0 Å². The summed E-state index contributed by atoms with van der Waals surface area (Å²) in [6, 6.07) is 8.28. The second-order valence-corrected chi connectivity index (χ2v) is 8.97. The number of halogens is 2. The number of aliphatic carboxylic acids is 2. The second kappa shape index (κ2) is 13.1. The van der Waals surface area contributed by atoms with Crippen molar-refractivity contribution in [3.8, 4) is 0 Å². The second-order valence-electron chi connectivity index (χ2n) is 8.97. The molecule has 1 heterocycles. The first-order valence-corrected chi connectivity index (χ1v) is 11.7. The van der Waals surface area contributed by atoms with Crippen LogP contribution in [0.4, 0.5) is 8.78 Å². The maximum absolute atomic E-state index is 13.8. The molecule has 1 aliphatic carbocycles. The highest BCUT2D eigenvalue weighted by molar-refractivity contribution is 5.89. The van der Waals surface area contributed by atoms with Crippen molar-refractivity contribution in [1.82, 2.24) is 4.90 Å². The van der Waals surface area contributed by atoms with Crippen molar-refractivity contribution in [2.24, 2.45) is 11.8 Å². The van der Waals surface area contributed by atoms with E-state index in [1.165, 1.54) is 6.34 Å². The molecule has 0 unspecified atom stereocenters. The monoisotopic (exact) mass is 510 g/mol. The fourth-order valence-electron chi connectivity index (χ4n) is 4.46. The molecule has 1 saturated carbocycles. The molecule has 0 radical (unpaired) electrons. The van der Waals surface area contributed by atoms with Crippen LogP contribution in [-0.2, 0) is 24.7 Å². The largest absolute Gasteiger partial charge is 0.478 e. The molecule has 11 heteroatoms. The molecule has 0 spiro atoms. The van der Waals surface area contributed by atoms with Crippen LogP contribution >= 0.6 is 0 Å². The normalized spacial score (nSPS) is 21.2. The molecule has 2 fully saturated rings. The summed E-state index contributed by atoms with van der Waals surface area (Å²) in [6.45, 7) is 1.78. The third-order valence-electron chi connectivity index (χ3n) is 6.48. The Balaban J connectivity index is 0.000000493. The number of ether oxygens (including phenoxy) is 1. The van der Waals surface area contributed by atoms with Gasteiger partial charge in [-0.05, 0) is 37.2 Å². The molecule has 1 aromatic carbocycles. The highest BCUT2D eigenvalue weighted by Gasteiger charge is 2.54. The van der Waals surface area contributed by atoms with Crippen molar-refractivity contribution in [3.63, 3.8) is 0 Å². The van der Waals surface area contributed by atoms with Crippen LogP contribution in [0.3, 0.4) is 0 Å². The summed E-state index contributed by atoms with van der Waals surface area (Å²) in [4.78, 5) is 33.9. The van der Waals surface area contributed by atoms with E-state index in [0.29, 0.717) is 30.1 Å². The van der Waals surface area contributed by atoms with Crippen molar-refractivity contribution in [2.45, 2.75) is 50.0 Å². The van der Waals surface area contributed by atoms with Crippen LogP contribution in [0.25, 0.3) is 0 Å². The number of rotatable bonds is 9. The Kier molecular flexibility index (Phi) is 10.5. The van der Waals surface area contributed by atoms with E-state index < -0.39 is 41.8 Å². The third-order valence-corrected chi connectivity index (χ3v) is 6.48. The van der Waals surface area contributed by atoms with Gasteiger partial charge in [-0.2, -0.15) is 0 Å². The van der Waals surface area contributed by atoms with E-state index in [-0.39, 0.29) is 19.4 Å². The number of hydrogen-bond donors (Lipinski definition) is 4. The van der Waals surface area contributed by atoms with Crippen molar-refractivity contribution >= 4 is 24.2 Å². The lowest BCUT2D eigenvalue weighted by molar-refractivity contribution is -0.175. The molecule has 9 nitrogen and oxygen atoms in total. The maximum atomic E-state index is 13.8. The fourth-order valence-corrected chi connectivity index (χ4v) is 4.46. The lowest BCUT2D eigenvalue weighted by Gasteiger charge is -2.33. The standard InChI is InChI=1S/C21H28F2N2O3.C4H4O4/c22-20(23)10-6-18(14-20)21(27,17-4-2-1-3-5-17)19(26)28-13-9-16-7-11-25(15-24)12-8-16;5-3(6)1-2-4(7)8/h1-5,15-16,18,24,27H,6-14H2;1-2H,(H,5,6)(H,7,8)/b;2-1+/t18-,21+;/m1./s1. The van der Waals surface area contributed by atoms with Gasteiger partial charge < -0.3 is 25.0 Å². The molecule has 0 amide bonds. The predicted molar refractivity (Wildman–Crippen MR) is 126 cm³/mol. The molecule has 2 aliphatic rings. The number of alkyl halides is 2. The van der Waals surface area contributed by atoms with E-state index in [1.54, 1.807) is 30.3 Å². The Morgan fingerprint density at radius 1 is 1.08 bits per heavy atom. The van der Waals surface area contributed by atoms with E-state index in [0.717, 1.165) is 25.9 Å². The van der Waals surface area contributed by atoms with Crippen LogP contribution in [0, 0.1) is 17.2 Å². The molecule has 1 aromatic rings. The van der Waals surface area contributed by atoms with Crippen LogP contribution in [0.2, 0.25) is 0 Å². The maximum Gasteiger partial charge on any atom is 0.343 e. The number of likely N-dealkylation sites (tertiary alicyclic amines) is 1. The first-order valence-electron chi connectivity index (χ1n) is 11.7. The Hall–Kier alpha value is -3.34.